The van der Waals surface area contributed by atoms with Crippen LogP contribution in [0.3, 0.4) is 0 Å². The van der Waals surface area contributed by atoms with Crippen molar-refractivity contribution in [1.29, 1.82) is 0 Å². The number of carbonyl (C=O) groups excluding carboxylic acids is 2. The number of rotatable bonds is 6. The molecule has 1 aromatic carbocycles. The van der Waals surface area contributed by atoms with Crippen LogP contribution in [0.2, 0.25) is 0 Å². The second-order valence-corrected chi connectivity index (χ2v) is 6.75. The summed E-state index contributed by atoms with van der Waals surface area (Å²) in [6.45, 7) is 1.53. The third kappa shape index (κ3) is 3.46. The molecule has 1 amide bonds. The number of hydrogen-bond donors (Lipinski definition) is 1. The van der Waals surface area contributed by atoms with Crippen molar-refractivity contribution in [3.63, 3.8) is 0 Å². The van der Waals surface area contributed by atoms with Crippen molar-refractivity contribution in [3.05, 3.63) is 23.6 Å². The highest BCUT2D eigenvalue weighted by Gasteiger charge is 2.29. The average Bonchev–Trinajstić information content (AvgIpc) is 3.15. The standard InChI is InChI=1S/C16H15N3O5S/c1-8(20)10-4-12-13(23-7-22-12)5-11(10)17-14(21)6-25-16-19-18-15(24-16)9-2-3-9/h4-5,9H,2-3,6-7H2,1H3,(H,17,21). The molecule has 0 bridgehead atoms. The Morgan fingerprint density at radius 3 is 2.72 bits per heavy atom. The van der Waals surface area contributed by atoms with E-state index >= 15 is 0 Å². The van der Waals surface area contributed by atoms with Crippen molar-refractivity contribution < 1.29 is 23.5 Å². The minimum absolute atomic E-state index is 0.0953. The van der Waals surface area contributed by atoms with Crippen LogP contribution in [-0.4, -0.2) is 34.4 Å². The molecule has 1 aromatic heterocycles. The predicted molar refractivity (Wildman–Crippen MR) is 88.2 cm³/mol. The van der Waals surface area contributed by atoms with E-state index in [9.17, 15) is 9.59 Å². The van der Waals surface area contributed by atoms with E-state index in [4.69, 9.17) is 13.9 Å². The number of fused-ring (bicyclic) bond motifs is 1. The van der Waals surface area contributed by atoms with E-state index < -0.39 is 0 Å². The Hall–Kier alpha value is -2.55. The number of nitrogens with one attached hydrogen (secondary N) is 1. The molecule has 0 radical (unpaired) electrons. The minimum atomic E-state index is -0.280. The minimum Gasteiger partial charge on any atom is -0.454 e. The molecule has 0 unspecified atom stereocenters. The first-order valence-corrected chi connectivity index (χ1v) is 8.79. The predicted octanol–water partition coefficient (Wildman–Crippen LogP) is 2.61. The molecule has 8 nitrogen and oxygen atoms in total. The summed E-state index contributed by atoms with van der Waals surface area (Å²) in [6.07, 6.45) is 2.15. The van der Waals surface area contributed by atoms with Gasteiger partial charge in [-0.05, 0) is 25.8 Å². The number of carbonyl (C=O) groups is 2. The van der Waals surface area contributed by atoms with Crippen LogP contribution in [0.1, 0.15) is 41.9 Å². The zero-order valence-electron chi connectivity index (χ0n) is 13.4. The Kier molecular flexibility index (Phi) is 4.08. The normalized spacial score (nSPS) is 15.2. The summed E-state index contributed by atoms with van der Waals surface area (Å²) in [5, 5.41) is 11.0. The maximum atomic E-state index is 12.2. The summed E-state index contributed by atoms with van der Waals surface area (Å²) < 4.78 is 16.1. The Balaban J connectivity index is 1.42. The summed E-state index contributed by atoms with van der Waals surface area (Å²) in [5.41, 5.74) is 0.767. The highest BCUT2D eigenvalue weighted by molar-refractivity contribution is 7.99. The third-order valence-electron chi connectivity index (χ3n) is 3.84. The van der Waals surface area contributed by atoms with Gasteiger partial charge >= 0.3 is 0 Å². The summed E-state index contributed by atoms with van der Waals surface area (Å²) in [6, 6.07) is 3.17. The summed E-state index contributed by atoms with van der Waals surface area (Å²) in [7, 11) is 0. The maximum absolute atomic E-state index is 12.2. The maximum Gasteiger partial charge on any atom is 0.277 e. The van der Waals surface area contributed by atoms with Crippen molar-refractivity contribution >= 4 is 29.1 Å². The lowest BCUT2D eigenvalue weighted by Gasteiger charge is -2.10. The number of anilines is 1. The number of nitrogens with zero attached hydrogens (tertiary/aromatic N) is 2. The number of ether oxygens (including phenoxy) is 2. The lowest BCUT2D eigenvalue weighted by molar-refractivity contribution is -0.113. The van der Waals surface area contributed by atoms with Gasteiger partial charge in [-0.25, -0.2) is 0 Å². The van der Waals surface area contributed by atoms with E-state index in [2.05, 4.69) is 15.5 Å². The molecule has 2 aromatic rings. The molecular weight excluding hydrogens is 346 g/mol. The fourth-order valence-electron chi connectivity index (χ4n) is 2.42. The smallest absolute Gasteiger partial charge is 0.277 e. The van der Waals surface area contributed by atoms with Crippen LogP contribution < -0.4 is 14.8 Å². The highest BCUT2D eigenvalue weighted by Crippen LogP contribution is 2.40. The van der Waals surface area contributed by atoms with Gasteiger partial charge in [0.25, 0.3) is 5.22 Å². The molecule has 2 aliphatic rings. The molecule has 4 rings (SSSR count). The second kappa shape index (κ2) is 6.40. The van der Waals surface area contributed by atoms with Gasteiger partial charge in [0.1, 0.15) is 0 Å². The van der Waals surface area contributed by atoms with Crippen molar-refractivity contribution in [1.82, 2.24) is 10.2 Å². The zero-order valence-corrected chi connectivity index (χ0v) is 14.2. The van der Waals surface area contributed by atoms with E-state index in [-0.39, 0.29) is 24.2 Å². The molecule has 0 saturated heterocycles. The Morgan fingerprint density at radius 1 is 1.24 bits per heavy atom. The molecule has 1 N–H and O–H groups in total. The van der Waals surface area contributed by atoms with E-state index in [0.29, 0.717) is 39.8 Å². The van der Waals surface area contributed by atoms with Crippen molar-refractivity contribution in [2.45, 2.75) is 30.9 Å². The first-order chi connectivity index (χ1) is 12.1. The lowest BCUT2D eigenvalue weighted by atomic mass is 10.1. The van der Waals surface area contributed by atoms with Crippen LogP contribution in [0.4, 0.5) is 5.69 Å². The van der Waals surface area contributed by atoms with Crippen LogP contribution in [0.5, 0.6) is 11.5 Å². The van der Waals surface area contributed by atoms with Gasteiger partial charge in [0, 0.05) is 17.5 Å². The molecule has 1 saturated carbocycles. The van der Waals surface area contributed by atoms with Gasteiger partial charge in [-0.15, -0.1) is 10.2 Å². The monoisotopic (exact) mass is 361 g/mol. The first-order valence-electron chi connectivity index (χ1n) is 7.81. The largest absolute Gasteiger partial charge is 0.454 e. The van der Waals surface area contributed by atoms with Crippen LogP contribution >= 0.6 is 11.8 Å². The SMILES string of the molecule is CC(=O)c1cc2c(cc1NC(=O)CSc1nnc(C3CC3)o1)OCO2. The zero-order chi connectivity index (χ0) is 17.4. The number of benzene rings is 1. The van der Waals surface area contributed by atoms with E-state index in [1.54, 1.807) is 12.1 Å². The average molecular weight is 361 g/mol. The fraction of sp³-hybridized carbons (Fsp3) is 0.375. The molecule has 0 atom stereocenters. The molecule has 9 heteroatoms. The van der Waals surface area contributed by atoms with Crippen molar-refractivity contribution in [3.8, 4) is 11.5 Å². The van der Waals surface area contributed by atoms with Crippen molar-refractivity contribution in [2.75, 3.05) is 17.9 Å². The van der Waals surface area contributed by atoms with Crippen molar-refractivity contribution in [2.24, 2.45) is 0 Å². The molecule has 1 fully saturated rings. The molecule has 0 spiro atoms. The second-order valence-electron chi connectivity index (χ2n) is 5.82. The Morgan fingerprint density at radius 2 is 2.00 bits per heavy atom. The Bertz CT molecular complexity index is 846. The molecule has 25 heavy (non-hydrogen) atoms. The number of aromatic nitrogens is 2. The summed E-state index contributed by atoms with van der Waals surface area (Å²) >= 11 is 1.16. The number of hydrogen-bond acceptors (Lipinski definition) is 8. The highest BCUT2D eigenvalue weighted by atomic mass is 32.2. The summed E-state index contributed by atoms with van der Waals surface area (Å²) in [5.74, 6) is 1.65. The van der Waals surface area contributed by atoms with Gasteiger partial charge in [-0.3, -0.25) is 9.59 Å². The molecule has 1 aliphatic carbocycles. The van der Waals surface area contributed by atoms with Gasteiger partial charge in [-0.1, -0.05) is 11.8 Å². The molecule has 130 valence electrons. The molecular formula is C16H15N3O5S. The fourth-order valence-corrected chi connectivity index (χ4v) is 2.99. The van der Waals surface area contributed by atoms with Gasteiger partial charge in [-0.2, -0.15) is 0 Å². The van der Waals surface area contributed by atoms with Crippen LogP contribution in [0, 0.1) is 0 Å². The summed E-state index contributed by atoms with van der Waals surface area (Å²) in [4.78, 5) is 24.0. The molecule has 1 aliphatic heterocycles. The van der Waals surface area contributed by atoms with Gasteiger partial charge in [0.05, 0.1) is 11.4 Å². The number of amides is 1. The van der Waals surface area contributed by atoms with Crippen LogP contribution in [-0.2, 0) is 4.79 Å². The van der Waals surface area contributed by atoms with E-state index in [1.807, 2.05) is 0 Å². The third-order valence-corrected chi connectivity index (χ3v) is 4.66. The number of ketones is 1. The van der Waals surface area contributed by atoms with Gasteiger partial charge in [0.2, 0.25) is 18.6 Å². The topological polar surface area (TPSA) is 104 Å². The van der Waals surface area contributed by atoms with Gasteiger partial charge in [0.15, 0.2) is 17.3 Å². The van der Waals surface area contributed by atoms with E-state index in [1.165, 1.54) is 6.92 Å². The van der Waals surface area contributed by atoms with Crippen LogP contribution in [0.25, 0.3) is 0 Å². The van der Waals surface area contributed by atoms with Gasteiger partial charge < -0.3 is 19.2 Å². The lowest BCUT2D eigenvalue weighted by Crippen LogP contribution is -2.16. The quantitative estimate of drug-likeness (QED) is 0.618. The Labute approximate surface area is 147 Å². The van der Waals surface area contributed by atoms with Crippen LogP contribution in [0.15, 0.2) is 21.8 Å². The number of thioether (sulfide) groups is 1. The first kappa shape index (κ1) is 15.9. The van der Waals surface area contributed by atoms with E-state index in [0.717, 1.165) is 24.6 Å². The number of Topliss-reactive ketones (excluding diaryl/α,β-unsaturated/α-hetero) is 1. The molecule has 2 heterocycles.